The second kappa shape index (κ2) is 9.90. The molecule has 0 aliphatic carbocycles. The first kappa shape index (κ1) is 23.4. The number of alkyl halides is 3. The first-order valence-corrected chi connectivity index (χ1v) is 9.92. The third kappa shape index (κ3) is 5.70. The monoisotopic (exact) mass is 452 g/mol. The summed E-state index contributed by atoms with van der Waals surface area (Å²) >= 11 is 0. The van der Waals surface area contributed by atoms with E-state index in [2.05, 4.69) is 23.6 Å². The summed E-state index contributed by atoms with van der Waals surface area (Å²) in [6, 6.07) is 9.80. The maximum absolute atomic E-state index is 12.2. The summed E-state index contributed by atoms with van der Waals surface area (Å²) in [5.74, 6) is -1.11. The van der Waals surface area contributed by atoms with E-state index in [1.54, 1.807) is 12.1 Å². The number of nitrogens with zero attached hydrogens (tertiary/aromatic N) is 2. The number of hydrogen-bond acceptors (Lipinski definition) is 5. The highest BCUT2D eigenvalue weighted by Gasteiger charge is 2.38. The number of aromatic nitrogens is 1. The number of ether oxygens (including phenoxy) is 2. The first-order chi connectivity index (χ1) is 15.2. The van der Waals surface area contributed by atoms with Crippen LogP contribution in [0.2, 0.25) is 0 Å². The van der Waals surface area contributed by atoms with Gasteiger partial charge in [0, 0.05) is 44.4 Å². The molecule has 2 aliphatic rings. The lowest BCUT2D eigenvalue weighted by atomic mass is 10.1. The number of allylic oxidation sites excluding steroid dienone is 1. The molecule has 0 amide bonds. The van der Waals surface area contributed by atoms with Gasteiger partial charge < -0.3 is 19.1 Å². The lowest BCUT2D eigenvalue weighted by Gasteiger charge is -2.20. The van der Waals surface area contributed by atoms with Crippen molar-refractivity contribution >= 4 is 5.97 Å². The van der Waals surface area contributed by atoms with Crippen molar-refractivity contribution in [3.8, 4) is 11.5 Å². The molecule has 3 heterocycles. The van der Waals surface area contributed by atoms with Gasteiger partial charge in [-0.1, -0.05) is 18.2 Å². The molecular weight excluding hydrogens is 429 g/mol. The summed E-state index contributed by atoms with van der Waals surface area (Å²) < 4.78 is 44.4. The van der Waals surface area contributed by atoms with Crippen molar-refractivity contribution in [1.29, 1.82) is 0 Å². The van der Waals surface area contributed by atoms with Gasteiger partial charge in [-0.05, 0) is 29.7 Å². The molecular formula is C22H23F3N2O5. The van der Waals surface area contributed by atoms with Gasteiger partial charge in [-0.3, -0.25) is 9.69 Å². The number of fused-ring (bicyclic) bond motifs is 2. The Morgan fingerprint density at radius 3 is 2.50 bits per heavy atom. The molecule has 0 saturated heterocycles. The zero-order chi connectivity index (χ0) is 23.3. The summed E-state index contributed by atoms with van der Waals surface area (Å²) in [6.45, 7) is 7.44. The van der Waals surface area contributed by atoms with E-state index in [1.165, 1.54) is 11.1 Å². The van der Waals surface area contributed by atoms with Crippen molar-refractivity contribution in [2.24, 2.45) is 0 Å². The second-order valence-electron chi connectivity index (χ2n) is 7.31. The van der Waals surface area contributed by atoms with Crippen LogP contribution in [0.3, 0.4) is 0 Å². The molecule has 0 bridgehead atoms. The van der Waals surface area contributed by atoms with Gasteiger partial charge in [0.1, 0.15) is 0 Å². The van der Waals surface area contributed by atoms with Crippen LogP contribution in [0.4, 0.5) is 13.2 Å². The predicted molar refractivity (Wildman–Crippen MR) is 110 cm³/mol. The van der Waals surface area contributed by atoms with E-state index in [9.17, 15) is 18.0 Å². The van der Waals surface area contributed by atoms with Gasteiger partial charge in [-0.25, -0.2) is 4.79 Å². The molecule has 2 aromatic rings. The minimum absolute atomic E-state index is 0.0582. The summed E-state index contributed by atoms with van der Waals surface area (Å²) in [6.07, 6.45) is -1.46. The Kier molecular flexibility index (Phi) is 7.24. The fourth-order valence-electron chi connectivity index (χ4n) is 3.63. The van der Waals surface area contributed by atoms with E-state index in [-0.39, 0.29) is 5.56 Å². The molecule has 1 aromatic heterocycles. The number of carboxylic acids is 1. The maximum atomic E-state index is 12.2. The van der Waals surface area contributed by atoms with Gasteiger partial charge in [-0.2, -0.15) is 13.2 Å². The Balaban J connectivity index is 0.000000360. The summed E-state index contributed by atoms with van der Waals surface area (Å²) in [5, 5.41) is 7.12. The van der Waals surface area contributed by atoms with Crippen LogP contribution in [0.1, 0.15) is 16.8 Å². The van der Waals surface area contributed by atoms with Gasteiger partial charge in [0.2, 0.25) is 6.79 Å². The van der Waals surface area contributed by atoms with E-state index < -0.39 is 12.1 Å². The summed E-state index contributed by atoms with van der Waals surface area (Å²) in [7, 11) is 0. The van der Waals surface area contributed by atoms with Gasteiger partial charge in [0.25, 0.3) is 5.56 Å². The topological polar surface area (TPSA) is 81.0 Å². The normalized spacial score (nSPS) is 15.2. The number of benzene rings is 1. The van der Waals surface area contributed by atoms with Crippen LogP contribution in [0.15, 0.2) is 47.8 Å². The Morgan fingerprint density at radius 2 is 1.81 bits per heavy atom. The third-order valence-electron chi connectivity index (χ3n) is 5.15. The average molecular weight is 452 g/mol. The van der Waals surface area contributed by atoms with Crippen LogP contribution in [-0.2, 0) is 30.7 Å². The molecule has 7 nitrogen and oxygen atoms in total. The number of pyridine rings is 1. The Bertz CT molecular complexity index is 1050. The van der Waals surface area contributed by atoms with Crippen molar-refractivity contribution in [3.63, 3.8) is 0 Å². The fraction of sp³-hybridized carbons (Fsp3) is 0.364. The highest BCUT2D eigenvalue weighted by molar-refractivity contribution is 5.73. The number of carbonyl (C=O) groups is 1. The molecule has 0 atom stereocenters. The van der Waals surface area contributed by atoms with Crippen molar-refractivity contribution < 1.29 is 32.5 Å². The van der Waals surface area contributed by atoms with Crippen molar-refractivity contribution in [2.75, 3.05) is 19.9 Å². The molecule has 2 aliphatic heterocycles. The third-order valence-corrected chi connectivity index (χ3v) is 5.15. The minimum Gasteiger partial charge on any atom is -0.475 e. The molecule has 0 radical (unpaired) electrons. The highest BCUT2D eigenvalue weighted by Crippen LogP contribution is 2.33. The molecule has 0 unspecified atom stereocenters. The van der Waals surface area contributed by atoms with Crippen molar-refractivity contribution in [3.05, 3.63) is 70.2 Å². The van der Waals surface area contributed by atoms with Gasteiger partial charge in [-0.15, -0.1) is 6.58 Å². The highest BCUT2D eigenvalue weighted by atomic mass is 19.4. The second-order valence-corrected chi connectivity index (χ2v) is 7.31. The number of hydrogen-bond donors (Lipinski definition) is 1. The zero-order valence-electron chi connectivity index (χ0n) is 17.2. The molecule has 1 N–H and O–H groups in total. The molecule has 0 spiro atoms. The van der Waals surface area contributed by atoms with Crippen LogP contribution in [0.5, 0.6) is 11.5 Å². The summed E-state index contributed by atoms with van der Waals surface area (Å²) in [5.41, 5.74) is 3.71. The standard InChI is InChI=1S/C20H22N2O3.C2HF3O2/c1-2-9-22-17-8-11-21(10-7-16(17)4-6-20(22)23)13-15-3-5-18-19(12-15)25-14-24-18;3-2(4,5)1(6)7/h2-6,12H,1,7-11,13-14H2;(H,6,7). The van der Waals surface area contributed by atoms with Gasteiger partial charge in [0.15, 0.2) is 11.5 Å². The molecule has 1 aromatic carbocycles. The lowest BCUT2D eigenvalue weighted by molar-refractivity contribution is -0.192. The lowest BCUT2D eigenvalue weighted by Crippen LogP contribution is -2.27. The van der Waals surface area contributed by atoms with Gasteiger partial charge in [0.05, 0.1) is 0 Å². The maximum Gasteiger partial charge on any atom is 0.490 e. The number of rotatable bonds is 4. The Hall–Kier alpha value is -3.27. The average Bonchev–Trinajstić information content (AvgIpc) is 3.11. The Labute approximate surface area is 182 Å². The van der Waals surface area contributed by atoms with E-state index in [0.29, 0.717) is 13.3 Å². The van der Waals surface area contributed by atoms with E-state index in [1.807, 2.05) is 16.7 Å². The molecule has 172 valence electrons. The van der Waals surface area contributed by atoms with Crippen LogP contribution < -0.4 is 15.0 Å². The van der Waals surface area contributed by atoms with E-state index >= 15 is 0 Å². The molecule has 0 fully saturated rings. The van der Waals surface area contributed by atoms with Crippen LogP contribution in [-0.4, -0.2) is 46.6 Å². The first-order valence-electron chi connectivity index (χ1n) is 9.92. The number of halogens is 3. The smallest absolute Gasteiger partial charge is 0.475 e. The number of aliphatic carboxylic acids is 1. The molecule has 4 rings (SSSR count). The van der Waals surface area contributed by atoms with E-state index in [4.69, 9.17) is 19.4 Å². The minimum atomic E-state index is -5.08. The van der Waals surface area contributed by atoms with Crippen molar-refractivity contribution in [2.45, 2.75) is 32.1 Å². The van der Waals surface area contributed by atoms with Crippen LogP contribution in [0.25, 0.3) is 0 Å². The predicted octanol–water partition coefficient (Wildman–Crippen LogP) is 3.00. The zero-order valence-corrected chi connectivity index (χ0v) is 17.2. The molecule has 32 heavy (non-hydrogen) atoms. The van der Waals surface area contributed by atoms with E-state index in [0.717, 1.165) is 49.7 Å². The van der Waals surface area contributed by atoms with Gasteiger partial charge >= 0.3 is 12.1 Å². The molecule has 0 saturated carbocycles. The van der Waals surface area contributed by atoms with Crippen LogP contribution >= 0.6 is 0 Å². The SMILES string of the molecule is C=CCn1c2c(ccc1=O)CCN(Cc1ccc3c(c1)OCO3)CC2.O=C(O)C(F)(F)F. The van der Waals surface area contributed by atoms with Crippen molar-refractivity contribution in [1.82, 2.24) is 9.47 Å². The quantitative estimate of drug-likeness (QED) is 0.719. The van der Waals surface area contributed by atoms with Crippen LogP contribution in [0, 0.1) is 0 Å². The largest absolute Gasteiger partial charge is 0.490 e. The number of carboxylic acid groups (broad SMARTS) is 1. The fourth-order valence-corrected chi connectivity index (χ4v) is 3.63. The Morgan fingerprint density at radius 1 is 1.12 bits per heavy atom. The summed E-state index contributed by atoms with van der Waals surface area (Å²) in [4.78, 5) is 23.5. The molecule has 10 heteroatoms.